The van der Waals surface area contributed by atoms with E-state index in [4.69, 9.17) is 5.11 Å². The molecular formula is C30H44O4. The van der Waals surface area contributed by atoms with Crippen molar-refractivity contribution in [2.24, 2.45) is 23.2 Å². The lowest BCUT2D eigenvalue weighted by Gasteiger charge is -2.52. The molecule has 1 aromatic carbocycles. The number of fused-ring (bicyclic) bond motifs is 5. The molecule has 0 bridgehead atoms. The lowest BCUT2D eigenvalue weighted by atomic mass is 9.52. The van der Waals surface area contributed by atoms with Gasteiger partial charge in [0, 0.05) is 6.42 Å². The fourth-order valence-corrected chi connectivity index (χ4v) is 7.72. The number of benzene rings is 1. The molecule has 4 nitrogen and oxygen atoms in total. The molecule has 2 saturated carbocycles. The summed E-state index contributed by atoms with van der Waals surface area (Å²) in [5.41, 5.74) is 3.91. The minimum absolute atomic E-state index is 0.0634. The maximum Gasteiger partial charge on any atom is 0.303 e. The van der Waals surface area contributed by atoms with Crippen LogP contribution in [0.5, 0.6) is 5.75 Å². The number of hydrogen-bond acceptors (Lipinski definition) is 3. The summed E-state index contributed by atoms with van der Waals surface area (Å²) in [5.74, 6) is 1.95. The minimum Gasteiger partial charge on any atom is -0.508 e. The number of aliphatic hydroxyl groups is 1. The van der Waals surface area contributed by atoms with E-state index >= 15 is 0 Å². The van der Waals surface area contributed by atoms with E-state index in [-0.39, 0.29) is 11.5 Å². The van der Waals surface area contributed by atoms with Gasteiger partial charge in [0.05, 0.1) is 6.10 Å². The molecular weight excluding hydrogens is 424 g/mol. The van der Waals surface area contributed by atoms with Gasteiger partial charge in [0.2, 0.25) is 0 Å². The normalized spacial score (nSPS) is 32.2. The highest BCUT2D eigenvalue weighted by molar-refractivity contribution is 5.66. The summed E-state index contributed by atoms with van der Waals surface area (Å²) >= 11 is 0. The topological polar surface area (TPSA) is 77.8 Å². The molecule has 3 unspecified atom stereocenters. The molecule has 0 aliphatic heterocycles. The van der Waals surface area contributed by atoms with Gasteiger partial charge in [-0.15, -0.1) is 0 Å². The van der Waals surface area contributed by atoms with Gasteiger partial charge in [-0.3, -0.25) is 4.79 Å². The lowest BCUT2D eigenvalue weighted by Crippen LogP contribution is -2.44. The van der Waals surface area contributed by atoms with Gasteiger partial charge in [0.1, 0.15) is 5.75 Å². The summed E-state index contributed by atoms with van der Waals surface area (Å²) in [6, 6.07) is 6.02. The van der Waals surface area contributed by atoms with Crippen LogP contribution < -0.4 is 0 Å². The summed E-state index contributed by atoms with van der Waals surface area (Å²) in [6.07, 6.45) is 14.5. The van der Waals surface area contributed by atoms with Crippen LogP contribution in [0.1, 0.15) is 107 Å². The molecule has 4 heteroatoms. The van der Waals surface area contributed by atoms with Gasteiger partial charge < -0.3 is 15.3 Å². The quantitative estimate of drug-likeness (QED) is 0.242. The van der Waals surface area contributed by atoms with Crippen LogP contribution in [-0.4, -0.2) is 27.4 Å². The molecule has 6 atom stereocenters. The molecule has 188 valence electrons. The van der Waals surface area contributed by atoms with E-state index in [0.29, 0.717) is 35.8 Å². The van der Waals surface area contributed by atoms with E-state index in [2.05, 4.69) is 19.6 Å². The molecule has 34 heavy (non-hydrogen) atoms. The summed E-state index contributed by atoms with van der Waals surface area (Å²) in [7, 11) is 0. The summed E-state index contributed by atoms with van der Waals surface area (Å²) in [6.45, 7) is 6.68. The van der Waals surface area contributed by atoms with Crippen molar-refractivity contribution < 1.29 is 20.1 Å². The Bertz CT molecular complexity index is 877. The van der Waals surface area contributed by atoms with Crippen LogP contribution in [0.2, 0.25) is 0 Å². The molecule has 0 amide bonds. The number of carboxylic acids is 1. The smallest absolute Gasteiger partial charge is 0.303 e. The number of phenols is 1. The number of unbranched alkanes of at least 4 members (excludes halogenated alkanes) is 7. The maximum atomic E-state index is 10.7. The standard InChI is InChI=1S/C30H44O4/c1-20-27(32)19-26-29-21(11-9-7-5-3-4-6-8-10-12-28(33)34)17-22-18-23(31)13-14-24(22)25(29)15-16-30(20,26)2/h13-14,18,21,25-27,29,31-32H,1,3-12,15-17,19H2,2H3,(H,33,34)/t21-,25?,26?,27-,29?,30-/m1/s1. The van der Waals surface area contributed by atoms with E-state index in [1.807, 2.05) is 12.1 Å². The van der Waals surface area contributed by atoms with Gasteiger partial charge in [-0.25, -0.2) is 0 Å². The first kappa shape index (κ1) is 25.3. The van der Waals surface area contributed by atoms with Crippen LogP contribution in [0.3, 0.4) is 0 Å². The van der Waals surface area contributed by atoms with Gasteiger partial charge in [0.25, 0.3) is 0 Å². The monoisotopic (exact) mass is 468 g/mol. The molecule has 3 aliphatic rings. The number of rotatable bonds is 11. The number of hydrogen-bond donors (Lipinski definition) is 3. The number of aliphatic carboxylic acids is 1. The molecule has 0 heterocycles. The first-order valence-electron chi connectivity index (χ1n) is 13.7. The van der Waals surface area contributed by atoms with Crippen LogP contribution in [0, 0.1) is 23.2 Å². The molecule has 0 radical (unpaired) electrons. The number of aromatic hydroxyl groups is 1. The molecule has 0 saturated heterocycles. The van der Waals surface area contributed by atoms with Crippen LogP contribution in [-0.2, 0) is 11.2 Å². The van der Waals surface area contributed by atoms with Crippen molar-refractivity contribution in [3.63, 3.8) is 0 Å². The summed E-state index contributed by atoms with van der Waals surface area (Å²) in [5, 5.41) is 29.6. The number of aliphatic hydroxyl groups excluding tert-OH is 1. The third kappa shape index (κ3) is 5.22. The fraction of sp³-hybridized carbons (Fsp3) is 0.700. The highest BCUT2D eigenvalue weighted by Crippen LogP contribution is 2.64. The molecule has 2 fully saturated rings. The first-order valence-corrected chi connectivity index (χ1v) is 13.7. The van der Waals surface area contributed by atoms with Gasteiger partial charge in [-0.2, -0.15) is 0 Å². The number of carboxylic acid groups (broad SMARTS) is 1. The third-order valence-electron chi connectivity index (χ3n) is 9.60. The Morgan fingerprint density at radius 3 is 2.47 bits per heavy atom. The van der Waals surface area contributed by atoms with Crippen molar-refractivity contribution in [1.82, 2.24) is 0 Å². The highest BCUT2D eigenvalue weighted by Gasteiger charge is 2.56. The molecule has 1 aromatic rings. The van der Waals surface area contributed by atoms with Crippen molar-refractivity contribution in [3.05, 3.63) is 41.5 Å². The average Bonchev–Trinajstić information content (AvgIpc) is 3.03. The molecule has 4 rings (SSSR count). The lowest BCUT2D eigenvalue weighted by molar-refractivity contribution is -0.137. The van der Waals surface area contributed by atoms with E-state index in [9.17, 15) is 15.0 Å². The van der Waals surface area contributed by atoms with Crippen molar-refractivity contribution in [3.8, 4) is 5.75 Å². The average molecular weight is 469 g/mol. The Balaban J connectivity index is 1.34. The van der Waals surface area contributed by atoms with Gasteiger partial charge in [-0.05, 0) is 96.4 Å². The third-order valence-corrected chi connectivity index (χ3v) is 9.60. The first-order chi connectivity index (χ1) is 16.3. The van der Waals surface area contributed by atoms with Crippen LogP contribution in [0.4, 0.5) is 0 Å². The Morgan fingerprint density at radius 2 is 1.76 bits per heavy atom. The Kier molecular flexibility index (Phi) is 8.07. The minimum atomic E-state index is -0.683. The molecule has 0 spiro atoms. The zero-order chi connectivity index (χ0) is 24.3. The largest absolute Gasteiger partial charge is 0.508 e. The van der Waals surface area contributed by atoms with Crippen LogP contribution in [0.15, 0.2) is 30.4 Å². The molecule has 0 aromatic heterocycles. The second-order valence-corrected chi connectivity index (χ2v) is 11.6. The molecule has 3 aliphatic carbocycles. The second-order valence-electron chi connectivity index (χ2n) is 11.6. The van der Waals surface area contributed by atoms with E-state index in [1.54, 1.807) is 0 Å². The van der Waals surface area contributed by atoms with E-state index in [1.165, 1.54) is 49.7 Å². The predicted molar refractivity (Wildman–Crippen MR) is 136 cm³/mol. The molecule has 3 N–H and O–H groups in total. The predicted octanol–water partition coefficient (Wildman–Crippen LogP) is 6.99. The van der Waals surface area contributed by atoms with Gasteiger partial charge >= 0.3 is 5.97 Å². The van der Waals surface area contributed by atoms with E-state index in [0.717, 1.165) is 50.5 Å². The van der Waals surface area contributed by atoms with Crippen molar-refractivity contribution in [1.29, 1.82) is 0 Å². The zero-order valence-corrected chi connectivity index (χ0v) is 21.0. The van der Waals surface area contributed by atoms with Crippen molar-refractivity contribution in [2.75, 3.05) is 0 Å². The highest BCUT2D eigenvalue weighted by atomic mass is 16.4. The van der Waals surface area contributed by atoms with Crippen LogP contribution in [0.25, 0.3) is 0 Å². The summed E-state index contributed by atoms with van der Waals surface area (Å²) < 4.78 is 0. The van der Waals surface area contributed by atoms with Crippen LogP contribution >= 0.6 is 0 Å². The summed E-state index contributed by atoms with van der Waals surface area (Å²) in [4.78, 5) is 10.6. The Labute approximate surface area is 205 Å². The van der Waals surface area contributed by atoms with Crippen molar-refractivity contribution >= 4 is 5.97 Å². The van der Waals surface area contributed by atoms with Gasteiger partial charge in [0.15, 0.2) is 0 Å². The maximum absolute atomic E-state index is 10.7. The Morgan fingerprint density at radius 1 is 1.09 bits per heavy atom. The van der Waals surface area contributed by atoms with E-state index < -0.39 is 5.97 Å². The van der Waals surface area contributed by atoms with Crippen molar-refractivity contribution in [2.45, 2.75) is 109 Å². The SMILES string of the molecule is C=C1[C@H](O)CC2C3C(CC[C@]12C)c1ccc(O)cc1C[C@H]3CCCCCCCCCCC(=O)O. The fourth-order valence-electron chi connectivity index (χ4n) is 7.72. The zero-order valence-electron chi connectivity index (χ0n) is 21.0. The second kappa shape index (κ2) is 10.8. The number of carbonyl (C=O) groups is 1. The number of phenolic OH excluding ortho intramolecular Hbond substituents is 1. The Hall–Kier alpha value is -1.81. The van der Waals surface area contributed by atoms with Gasteiger partial charge in [-0.1, -0.05) is 64.5 Å².